The highest BCUT2D eigenvalue weighted by molar-refractivity contribution is 6.33. The van der Waals surface area contributed by atoms with E-state index in [-0.39, 0.29) is 24.1 Å². The van der Waals surface area contributed by atoms with E-state index in [9.17, 15) is 14.7 Å². The summed E-state index contributed by atoms with van der Waals surface area (Å²) in [7, 11) is 3.11. The van der Waals surface area contributed by atoms with Crippen LogP contribution in [-0.4, -0.2) is 85.5 Å². The zero-order chi connectivity index (χ0) is 22.5. The van der Waals surface area contributed by atoms with Gasteiger partial charge in [-0.25, -0.2) is 4.79 Å². The van der Waals surface area contributed by atoms with E-state index >= 15 is 0 Å². The van der Waals surface area contributed by atoms with E-state index in [0.29, 0.717) is 35.1 Å². The minimum Gasteiger partial charge on any atom is -0.496 e. The smallest absolute Gasteiger partial charge is 0.407 e. The predicted molar refractivity (Wildman–Crippen MR) is 118 cm³/mol. The van der Waals surface area contributed by atoms with Crippen LogP contribution < -0.4 is 15.8 Å². The average Bonchev–Trinajstić information content (AvgIpc) is 3.23. The first-order valence-electron chi connectivity index (χ1n) is 10.5. The highest BCUT2D eigenvalue weighted by Crippen LogP contribution is 2.29. The first-order valence-corrected chi connectivity index (χ1v) is 10.9. The van der Waals surface area contributed by atoms with E-state index in [0.717, 1.165) is 38.8 Å². The molecule has 2 aliphatic rings. The normalized spacial score (nSPS) is 24.2. The third-order valence-electron chi connectivity index (χ3n) is 6.23. The monoisotopic (exact) mass is 454 g/mol. The van der Waals surface area contributed by atoms with Crippen LogP contribution in [0.25, 0.3) is 0 Å². The van der Waals surface area contributed by atoms with Crippen LogP contribution >= 0.6 is 11.6 Å². The molecule has 31 heavy (non-hydrogen) atoms. The van der Waals surface area contributed by atoms with E-state index in [1.165, 1.54) is 19.2 Å². The quantitative estimate of drug-likeness (QED) is 0.541. The van der Waals surface area contributed by atoms with Gasteiger partial charge in [0.2, 0.25) is 0 Å². The first kappa shape index (κ1) is 23.4. The third-order valence-corrected chi connectivity index (χ3v) is 6.55. The lowest BCUT2D eigenvalue weighted by Crippen LogP contribution is -2.55. The van der Waals surface area contributed by atoms with E-state index in [1.54, 1.807) is 12.0 Å². The number of carbonyl (C=O) groups excluding carboxylic acids is 1. The van der Waals surface area contributed by atoms with Gasteiger partial charge in [-0.05, 0) is 31.7 Å². The summed E-state index contributed by atoms with van der Waals surface area (Å²) in [5.41, 5.74) is 6.48. The number of hydrogen-bond acceptors (Lipinski definition) is 6. The van der Waals surface area contributed by atoms with Gasteiger partial charge in [-0.1, -0.05) is 11.6 Å². The van der Waals surface area contributed by atoms with Crippen molar-refractivity contribution in [3.05, 3.63) is 22.7 Å². The van der Waals surface area contributed by atoms with Crippen molar-refractivity contribution in [2.45, 2.75) is 43.9 Å². The van der Waals surface area contributed by atoms with Crippen molar-refractivity contribution >= 4 is 29.3 Å². The average molecular weight is 455 g/mol. The van der Waals surface area contributed by atoms with Crippen molar-refractivity contribution in [1.82, 2.24) is 15.1 Å². The number of rotatable bonds is 7. The maximum absolute atomic E-state index is 12.9. The Morgan fingerprint density at radius 3 is 2.74 bits per heavy atom. The molecule has 2 saturated heterocycles. The number of nitrogen functional groups attached to an aromatic ring is 1. The molecule has 2 heterocycles. The van der Waals surface area contributed by atoms with Gasteiger partial charge in [0.15, 0.2) is 0 Å². The molecule has 1 aromatic carbocycles. The van der Waals surface area contributed by atoms with Gasteiger partial charge in [0.25, 0.3) is 5.91 Å². The number of benzene rings is 1. The second kappa shape index (κ2) is 10.4. The van der Waals surface area contributed by atoms with Gasteiger partial charge in [0.05, 0.1) is 35.5 Å². The molecule has 1 unspecified atom stereocenters. The lowest BCUT2D eigenvalue weighted by atomic mass is 10.00. The molecule has 172 valence electrons. The molecule has 3 rings (SSSR count). The maximum Gasteiger partial charge on any atom is 0.407 e. The van der Waals surface area contributed by atoms with Crippen molar-refractivity contribution in [1.29, 1.82) is 0 Å². The fourth-order valence-corrected chi connectivity index (χ4v) is 4.63. The van der Waals surface area contributed by atoms with E-state index in [1.807, 2.05) is 0 Å². The van der Waals surface area contributed by atoms with Gasteiger partial charge in [-0.15, -0.1) is 0 Å². The summed E-state index contributed by atoms with van der Waals surface area (Å²) in [6.45, 7) is 2.88. The van der Waals surface area contributed by atoms with Gasteiger partial charge in [-0.2, -0.15) is 0 Å². The SMILES string of the molecule is COc1cc(N)c(Cl)cc1C(=O)N[C@H]1CCN(CCC2CCCN2C(=O)O)C[C@H]1OC. The van der Waals surface area contributed by atoms with Crippen LogP contribution in [0, 0.1) is 0 Å². The Balaban J connectivity index is 1.57. The van der Waals surface area contributed by atoms with Crippen molar-refractivity contribution in [3.63, 3.8) is 0 Å². The number of halogens is 1. The standard InChI is InChI=1S/C21H31ClN4O5/c1-30-18-11-16(23)15(22)10-14(18)20(27)24-17-6-9-25(12-19(17)31-2)8-5-13-4-3-7-26(13)21(28)29/h10-11,13,17,19H,3-9,12,23H2,1-2H3,(H,24,27)(H,28,29)/t13?,17-,19+/m0/s1. The molecule has 2 fully saturated rings. The molecular weight excluding hydrogens is 424 g/mol. The molecular formula is C21H31ClN4O5. The van der Waals surface area contributed by atoms with Crippen molar-refractivity contribution in [3.8, 4) is 5.75 Å². The Morgan fingerprint density at radius 2 is 2.06 bits per heavy atom. The zero-order valence-electron chi connectivity index (χ0n) is 18.0. The molecule has 9 nitrogen and oxygen atoms in total. The molecule has 0 radical (unpaired) electrons. The van der Waals surface area contributed by atoms with Gasteiger partial charge in [-0.3, -0.25) is 4.79 Å². The Labute approximate surface area is 187 Å². The van der Waals surface area contributed by atoms with Crippen LogP contribution in [0.1, 0.15) is 36.0 Å². The topological polar surface area (TPSA) is 117 Å². The van der Waals surface area contributed by atoms with Crippen LogP contribution in [0.3, 0.4) is 0 Å². The molecule has 0 spiro atoms. The number of piperidine rings is 1. The van der Waals surface area contributed by atoms with Crippen LogP contribution in [0.4, 0.5) is 10.5 Å². The molecule has 2 amide bonds. The number of nitrogens with one attached hydrogen (secondary N) is 1. The minimum absolute atomic E-state index is 0.0821. The van der Waals surface area contributed by atoms with Crippen LogP contribution in [0.15, 0.2) is 12.1 Å². The third kappa shape index (κ3) is 5.53. The number of carbonyl (C=O) groups is 2. The highest BCUT2D eigenvalue weighted by Gasteiger charge is 2.33. The van der Waals surface area contributed by atoms with Crippen molar-refractivity contribution in [2.24, 2.45) is 0 Å². The molecule has 1 aromatic rings. The molecule has 2 aliphatic heterocycles. The summed E-state index contributed by atoms with van der Waals surface area (Å²) in [4.78, 5) is 28.0. The Hall–Kier alpha value is -2.23. The number of nitrogens with zero attached hydrogens (tertiary/aromatic N) is 2. The van der Waals surface area contributed by atoms with Crippen molar-refractivity contribution in [2.75, 3.05) is 46.1 Å². The number of likely N-dealkylation sites (tertiary alicyclic amines) is 2. The zero-order valence-corrected chi connectivity index (χ0v) is 18.7. The van der Waals surface area contributed by atoms with E-state index in [4.69, 9.17) is 26.8 Å². The summed E-state index contributed by atoms with van der Waals surface area (Å²) in [6.07, 6.45) is 2.36. The number of ether oxygens (including phenoxy) is 2. The summed E-state index contributed by atoms with van der Waals surface area (Å²) in [5.74, 6) is 0.0765. The molecule has 0 aromatic heterocycles. The predicted octanol–water partition coefficient (Wildman–Crippen LogP) is 2.28. The number of nitrogens with two attached hydrogens (primary N) is 1. The van der Waals surface area contributed by atoms with Gasteiger partial charge in [0.1, 0.15) is 5.75 Å². The fraction of sp³-hybridized carbons (Fsp3) is 0.619. The Bertz CT molecular complexity index is 808. The van der Waals surface area contributed by atoms with Gasteiger partial charge < -0.3 is 35.4 Å². The van der Waals surface area contributed by atoms with Crippen LogP contribution in [0.5, 0.6) is 5.75 Å². The summed E-state index contributed by atoms with van der Waals surface area (Å²) in [5, 5.41) is 12.6. The van der Waals surface area contributed by atoms with Crippen LogP contribution in [-0.2, 0) is 4.74 Å². The second-order valence-corrected chi connectivity index (χ2v) is 8.49. The van der Waals surface area contributed by atoms with E-state index in [2.05, 4.69) is 10.2 Å². The molecule has 0 aliphatic carbocycles. The summed E-state index contributed by atoms with van der Waals surface area (Å²) in [6, 6.07) is 2.98. The lowest BCUT2D eigenvalue weighted by Gasteiger charge is -2.38. The fourth-order valence-electron chi connectivity index (χ4n) is 4.47. The molecule has 0 bridgehead atoms. The Kier molecular flexibility index (Phi) is 7.85. The van der Waals surface area contributed by atoms with Gasteiger partial charge in [0, 0.05) is 45.4 Å². The molecule has 0 saturated carbocycles. The number of amides is 2. The molecule has 4 N–H and O–H groups in total. The minimum atomic E-state index is -0.836. The number of carboxylic acid groups (broad SMARTS) is 1. The maximum atomic E-state index is 12.9. The number of methoxy groups -OCH3 is 2. The largest absolute Gasteiger partial charge is 0.496 e. The number of anilines is 1. The summed E-state index contributed by atoms with van der Waals surface area (Å²) < 4.78 is 10.9. The highest BCUT2D eigenvalue weighted by atomic mass is 35.5. The lowest BCUT2D eigenvalue weighted by molar-refractivity contribution is 0.00458. The van der Waals surface area contributed by atoms with Crippen LogP contribution in [0.2, 0.25) is 5.02 Å². The molecule has 10 heteroatoms. The first-order chi connectivity index (χ1) is 14.8. The second-order valence-electron chi connectivity index (χ2n) is 8.08. The van der Waals surface area contributed by atoms with E-state index < -0.39 is 6.09 Å². The summed E-state index contributed by atoms with van der Waals surface area (Å²) >= 11 is 6.09. The van der Waals surface area contributed by atoms with Gasteiger partial charge >= 0.3 is 6.09 Å². The number of hydrogen-bond donors (Lipinski definition) is 3. The Morgan fingerprint density at radius 1 is 1.29 bits per heavy atom. The molecule has 3 atom stereocenters. The van der Waals surface area contributed by atoms with Crippen molar-refractivity contribution < 1.29 is 24.2 Å².